The molecule has 2 aliphatic heterocycles. The lowest BCUT2D eigenvalue weighted by Crippen LogP contribution is -2.49. The highest BCUT2D eigenvalue weighted by molar-refractivity contribution is 7.94. The molecule has 0 unspecified atom stereocenters. The summed E-state index contributed by atoms with van der Waals surface area (Å²) in [5.41, 5.74) is 0.306. The Kier molecular flexibility index (Phi) is 5.13. The number of hydrogen-bond acceptors (Lipinski definition) is 7. The van der Waals surface area contributed by atoms with Gasteiger partial charge in [-0.3, -0.25) is 9.59 Å². The zero-order valence-electron chi connectivity index (χ0n) is 15.4. The Morgan fingerprint density at radius 3 is 2.38 bits per heavy atom. The van der Waals surface area contributed by atoms with Crippen molar-refractivity contribution in [2.75, 3.05) is 41.1 Å². The highest BCUT2D eigenvalue weighted by atomic mass is 35.5. The first kappa shape index (κ1) is 19.6. The van der Waals surface area contributed by atoms with Gasteiger partial charge in [0, 0.05) is 45.0 Å². The second-order valence-electron chi connectivity index (χ2n) is 6.72. The molecule has 0 N–H and O–H groups in total. The van der Waals surface area contributed by atoms with Crippen molar-refractivity contribution in [3.63, 3.8) is 0 Å². The Hall–Kier alpha value is -2.72. The number of piperazine rings is 1. The second kappa shape index (κ2) is 7.60. The van der Waals surface area contributed by atoms with Gasteiger partial charge in [-0.2, -0.15) is 0 Å². The van der Waals surface area contributed by atoms with Gasteiger partial charge in [-0.15, -0.1) is 0 Å². The topological polar surface area (TPSA) is 104 Å². The van der Waals surface area contributed by atoms with E-state index in [0.29, 0.717) is 32.1 Å². The summed E-state index contributed by atoms with van der Waals surface area (Å²) >= 11 is 6.22. The predicted octanol–water partition coefficient (Wildman–Crippen LogP) is 1.16. The van der Waals surface area contributed by atoms with Gasteiger partial charge in [0.05, 0.1) is 22.0 Å². The van der Waals surface area contributed by atoms with E-state index in [1.165, 1.54) is 18.2 Å². The molecule has 0 bridgehead atoms. The van der Waals surface area contributed by atoms with E-state index in [2.05, 4.69) is 9.97 Å². The normalized spacial score (nSPS) is 18.9. The van der Waals surface area contributed by atoms with Crippen molar-refractivity contribution in [2.45, 2.75) is 6.42 Å². The minimum atomic E-state index is -3.71. The van der Waals surface area contributed by atoms with Gasteiger partial charge in [0.1, 0.15) is 0 Å². The number of sulfonamides is 1. The Bertz CT molecular complexity index is 1060. The number of carbonyl (C=O) groups is 2. The molecule has 2 aliphatic rings. The lowest BCUT2D eigenvalue weighted by atomic mass is 10.1. The van der Waals surface area contributed by atoms with Crippen LogP contribution in [0, 0.1) is 0 Å². The average Bonchev–Trinajstić information content (AvgIpc) is 3.01. The summed E-state index contributed by atoms with van der Waals surface area (Å²) < 4.78 is 25.1. The average molecular weight is 436 g/mol. The summed E-state index contributed by atoms with van der Waals surface area (Å²) in [7, 11) is -3.71. The monoisotopic (exact) mass is 435 g/mol. The van der Waals surface area contributed by atoms with E-state index in [1.807, 2.05) is 4.90 Å². The zero-order chi connectivity index (χ0) is 20.6. The van der Waals surface area contributed by atoms with Crippen LogP contribution in [0.3, 0.4) is 0 Å². The van der Waals surface area contributed by atoms with Crippen LogP contribution in [-0.4, -0.2) is 67.0 Å². The summed E-state index contributed by atoms with van der Waals surface area (Å²) in [6.45, 7) is 2.01. The van der Waals surface area contributed by atoms with Crippen molar-refractivity contribution in [3.05, 3.63) is 47.2 Å². The first-order chi connectivity index (χ1) is 13.9. The number of anilines is 2. The summed E-state index contributed by atoms with van der Waals surface area (Å²) in [5, 5.41) is 0.205. The van der Waals surface area contributed by atoms with Gasteiger partial charge in [0.25, 0.3) is 5.91 Å². The molecule has 2 amide bonds. The summed E-state index contributed by atoms with van der Waals surface area (Å²) in [5.74, 6) is -0.449. The Labute approximate surface area is 173 Å². The molecule has 1 aromatic carbocycles. The number of amides is 2. The molecule has 4 rings (SSSR count). The van der Waals surface area contributed by atoms with E-state index >= 15 is 0 Å². The molecule has 1 aromatic heterocycles. The fraction of sp³-hybridized carbons (Fsp3) is 0.333. The minimum absolute atomic E-state index is 0.0717. The molecule has 2 fully saturated rings. The maximum atomic E-state index is 13.0. The molecule has 2 aromatic rings. The Morgan fingerprint density at radius 2 is 1.76 bits per heavy atom. The van der Waals surface area contributed by atoms with Crippen LogP contribution >= 0.6 is 11.6 Å². The number of carbonyl (C=O) groups excluding carboxylic acids is 2. The number of benzene rings is 1. The summed E-state index contributed by atoms with van der Waals surface area (Å²) in [6, 6.07) is 5.99. The quantitative estimate of drug-likeness (QED) is 0.712. The van der Waals surface area contributed by atoms with E-state index < -0.39 is 15.9 Å². The van der Waals surface area contributed by atoms with Gasteiger partial charge in [0.2, 0.25) is 21.9 Å². The number of aromatic nitrogens is 2. The van der Waals surface area contributed by atoms with Gasteiger partial charge < -0.3 is 9.80 Å². The smallest absolute Gasteiger partial charge is 0.255 e. The van der Waals surface area contributed by atoms with Crippen LogP contribution in [-0.2, 0) is 14.8 Å². The standard InChI is InChI=1S/C18H18ClN5O4S/c19-15-3-2-13(24-16(25)4-11-29(24,27)28)12-14(15)17(26)22-7-9-23(10-8-22)18-20-5-1-6-21-18/h1-3,5-6,12H,4,7-11H2. The number of nitrogens with zero attached hydrogens (tertiary/aromatic N) is 5. The first-order valence-electron chi connectivity index (χ1n) is 9.03. The largest absolute Gasteiger partial charge is 0.337 e. The van der Waals surface area contributed by atoms with E-state index in [1.54, 1.807) is 23.4 Å². The number of hydrogen-bond donors (Lipinski definition) is 0. The van der Waals surface area contributed by atoms with Gasteiger partial charge >= 0.3 is 0 Å². The lowest BCUT2D eigenvalue weighted by Gasteiger charge is -2.35. The van der Waals surface area contributed by atoms with E-state index in [9.17, 15) is 18.0 Å². The van der Waals surface area contributed by atoms with Crippen molar-refractivity contribution in [1.82, 2.24) is 14.9 Å². The van der Waals surface area contributed by atoms with E-state index in [4.69, 9.17) is 11.6 Å². The van der Waals surface area contributed by atoms with Crippen molar-refractivity contribution in [3.8, 4) is 0 Å². The van der Waals surface area contributed by atoms with Crippen molar-refractivity contribution >= 4 is 45.1 Å². The molecule has 11 heteroatoms. The third-order valence-corrected chi connectivity index (χ3v) is 6.92. The maximum Gasteiger partial charge on any atom is 0.255 e. The molecule has 0 spiro atoms. The fourth-order valence-corrected chi connectivity index (χ4v) is 5.06. The Balaban J connectivity index is 1.53. The van der Waals surface area contributed by atoms with E-state index in [-0.39, 0.29) is 34.4 Å². The van der Waals surface area contributed by atoms with Crippen molar-refractivity contribution in [1.29, 1.82) is 0 Å². The van der Waals surface area contributed by atoms with Crippen molar-refractivity contribution in [2.24, 2.45) is 0 Å². The van der Waals surface area contributed by atoms with Crippen LogP contribution in [0.25, 0.3) is 0 Å². The predicted molar refractivity (Wildman–Crippen MR) is 107 cm³/mol. The molecule has 2 saturated heterocycles. The third kappa shape index (κ3) is 3.77. The molecular formula is C18H18ClN5O4S. The van der Waals surface area contributed by atoms with E-state index in [0.717, 1.165) is 4.31 Å². The van der Waals surface area contributed by atoms with Crippen LogP contribution in [0.4, 0.5) is 11.6 Å². The fourth-order valence-electron chi connectivity index (χ4n) is 3.41. The highest BCUT2D eigenvalue weighted by Crippen LogP contribution is 2.30. The van der Waals surface area contributed by atoms with Crippen molar-refractivity contribution < 1.29 is 18.0 Å². The van der Waals surface area contributed by atoms with Crippen LogP contribution in [0.5, 0.6) is 0 Å². The molecule has 9 nitrogen and oxygen atoms in total. The highest BCUT2D eigenvalue weighted by Gasteiger charge is 2.37. The number of rotatable bonds is 3. The molecular weight excluding hydrogens is 418 g/mol. The third-order valence-electron chi connectivity index (χ3n) is 4.90. The molecule has 29 heavy (non-hydrogen) atoms. The Morgan fingerprint density at radius 1 is 1.07 bits per heavy atom. The molecule has 0 saturated carbocycles. The molecule has 152 valence electrons. The second-order valence-corrected chi connectivity index (χ2v) is 9.06. The van der Waals surface area contributed by atoms with Crippen LogP contribution < -0.4 is 9.21 Å². The maximum absolute atomic E-state index is 13.0. The van der Waals surface area contributed by atoms with Crippen LogP contribution in [0.1, 0.15) is 16.8 Å². The molecule has 0 radical (unpaired) electrons. The SMILES string of the molecule is O=C(c1cc(N2C(=O)CCS2(=O)=O)ccc1Cl)N1CCN(c2ncccn2)CC1. The summed E-state index contributed by atoms with van der Waals surface area (Å²) in [4.78, 5) is 37.1. The van der Waals surface area contributed by atoms with Gasteiger partial charge in [0.15, 0.2) is 0 Å². The van der Waals surface area contributed by atoms with Crippen LogP contribution in [0.2, 0.25) is 5.02 Å². The molecule has 0 aliphatic carbocycles. The van der Waals surface area contributed by atoms with Gasteiger partial charge in [-0.1, -0.05) is 11.6 Å². The van der Waals surface area contributed by atoms with Gasteiger partial charge in [-0.25, -0.2) is 22.7 Å². The van der Waals surface area contributed by atoms with Crippen LogP contribution in [0.15, 0.2) is 36.7 Å². The zero-order valence-corrected chi connectivity index (χ0v) is 16.9. The number of halogens is 1. The lowest BCUT2D eigenvalue weighted by molar-refractivity contribution is -0.116. The summed E-state index contributed by atoms with van der Waals surface area (Å²) in [6.07, 6.45) is 3.26. The van der Waals surface area contributed by atoms with Gasteiger partial charge in [-0.05, 0) is 24.3 Å². The minimum Gasteiger partial charge on any atom is -0.337 e. The molecule has 0 atom stereocenters. The first-order valence-corrected chi connectivity index (χ1v) is 11.0. The molecule has 3 heterocycles.